The molecule has 28 heavy (non-hydrogen) atoms. The van der Waals surface area contributed by atoms with Gasteiger partial charge in [0.1, 0.15) is 12.4 Å². The Labute approximate surface area is 167 Å². The van der Waals surface area contributed by atoms with Crippen LogP contribution < -0.4 is 10.1 Å². The molecule has 0 aliphatic carbocycles. The van der Waals surface area contributed by atoms with Crippen LogP contribution in [0.25, 0.3) is 11.0 Å². The number of ether oxygens (including phenoxy) is 1. The highest BCUT2D eigenvalue weighted by Gasteiger charge is 2.14. The van der Waals surface area contributed by atoms with Crippen molar-refractivity contribution < 1.29 is 9.53 Å². The minimum atomic E-state index is -0.165. The highest BCUT2D eigenvalue weighted by molar-refractivity contribution is 7.12. The Hall–Kier alpha value is -3.12. The van der Waals surface area contributed by atoms with Crippen molar-refractivity contribution in [3.8, 4) is 5.75 Å². The van der Waals surface area contributed by atoms with Crippen LogP contribution in [-0.4, -0.2) is 15.5 Å². The number of hydrogen-bond donors (Lipinski definition) is 1. The Balaban J connectivity index is 1.45. The summed E-state index contributed by atoms with van der Waals surface area (Å²) in [5, 5.41) is 4.86. The molecule has 0 atom stereocenters. The van der Waals surface area contributed by atoms with Crippen LogP contribution in [-0.2, 0) is 13.7 Å². The summed E-state index contributed by atoms with van der Waals surface area (Å²) in [7, 11) is 1.89. The summed E-state index contributed by atoms with van der Waals surface area (Å²) in [5.41, 5.74) is 5.14. The molecular weight excluding hydrogens is 370 g/mol. The number of para-hydroxylation sites is 2. The van der Waals surface area contributed by atoms with Gasteiger partial charge in [-0.05, 0) is 54.6 Å². The van der Waals surface area contributed by atoms with Gasteiger partial charge in [0.05, 0.1) is 15.9 Å². The molecule has 0 saturated heterocycles. The zero-order valence-corrected chi connectivity index (χ0v) is 16.8. The molecule has 0 fully saturated rings. The number of rotatable bonds is 5. The summed E-state index contributed by atoms with van der Waals surface area (Å²) in [6.45, 7) is 4.55. The molecule has 0 bridgehead atoms. The largest absolute Gasteiger partial charge is 0.489 e. The molecule has 0 spiro atoms. The fourth-order valence-corrected chi connectivity index (χ4v) is 3.82. The first-order valence-corrected chi connectivity index (χ1v) is 9.90. The maximum atomic E-state index is 12.6. The smallest absolute Gasteiger partial charge is 0.268 e. The van der Waals surface area contributed by atoms with Gasteiger partial charge in [-0.25, -0.2) is 4.98 Å². The predicted octanol–water partition coefficient (Wildman–Crippen LogP) is 5.08. The van der Waals surface area contributed by atoms with Crippen LogP contribution >= 0.6 is 11.3 Å². The molecule has 2 heterocycles. The lowest BCUT2D eigenvalue weighted by molar-refractivity contribution is 0.102. The first-order chi connectivity index (χ1) is 13.5. The molecule has 4 rings (SSSR count). The molecule has 0 radical (unpaired) electrons. The van der Waals surface area contributed by atoms with Crippen LogP contribution in [0.2, 0.25) is 0 Å². The number of amides is 1. The van der Waals surface area contributed by atoms with Crippen molar-refractivity contribution in [2.24, 2.45) is 7.05 Å². The number of nitrogens with one attached hydrogen (secondary N) is 1. The van der Waals surface area contributed by atoms with E-state index in [0.29, 0.717) is 17.4 Å². The van der Waals surface area contributed by atoms with Gasteiger partial charge in [-0.1, -0.05) is 24.3 Å². The molecule has 0 aliphatic rings. The topological polar surface area (TPSA) is 56.1 Å². The van der Waals surface area contributed by atoms with E-state index in [0.717, 1.165) is 27.9 Å². The molecule has 142 valence electrons. The van der Waals surface area contributed by atoms with E-state index in [2.05, 4.69) is 23.3 Å². The van der Waals surface area contributed by atoms with Crippen LogP contribution in [0.4, 0.5) is 5.95 Å². The first-order valence-electron chi connectivity index (χ1n) is 9.02. The number of thiophene rings is 1. The third-order valence-electron chi connectivity index (χ3n) is 4.84. The second kappa shape index (κ2) is 7.48. The molecule has 5 nitrogen and oxygen atoms in total. The second-order valence-electron chi connectivity index (χ2n) is 6.74. The Morgan fingerprint density at radius 3 is 2.82 bits per heavy atom. The summed E-state index contributed by atoms with van der Waals surface area (Å²) >= 11 is 1.40. The molecule has 0 aliphatic heterocycles. The van der Waals surface area contributed by atoms with Crippen molar-refractivity contribution in [1.82, 2.24) is 9.55 Å². The van der Waals surface area contributed by atoms with E-state index in [1.165, 1.54) is 16.9 Å². The minimum absolute atomic E-state index is 0.165. The van der Waals surface area contributed by atoms with E-state index in [9.17, 15) is 4.79 Å². The van der Waals surface area contributed by atoms with Crippen molar-refractivity contribution in [1.29, 1.82) is 0 Å². The van der Waals surface area contributed by atoms with E-state index in [1.807, 2.05) is 66.4 Å². The Kier molecular flexibility index (Phi) is 4.88. The number of carbonyl (C=O) groups excluding carboxylic acids is 1. The molecular formula is C22H21N3O2S. The number of carbonyl (C=O) groups is 1. The molecule has 0 unspecified atom stereocenters. The summed E-state index contributed by atoms with van der Waals surface area (Å²) < 4.78 is 7.81. The van der Waals surface area contributed by atoms with E-state index in [4.69, 9.17) is 4.74 Å². The van der Waals surface area contributed by atoms with Crippen molar-refractivity contribution in [2.45, 2.75) is 20.5 Å². The maximum Gasteiger partial charge on any atom is 0.268 e. The maximum absolute atomic E-state index is 12.6. The van der Waals surface area contributed by atoms with Crippen LogP contribution in [0, 0.1) is 13.8 Å². The van der Waals surface area contributed by atoms with E-state index >= 15 is 0 Å². The average molecular weight is 391 g/mol. The van der Waals surface area contributed by atoms with Gasteiger partial charge in [-0.15, -0.1) is 11.3 Å². The Morgan fingerprint density at radius 1 is 1.18 bits per heavy atom. The van der Waals surface area contributed by atoms with Crippen molar-refractivity contribution in [2.75, 3.05) is 5.32 Å². The van der Waals surface area contributed by atoms with Gasteiger partial charge in [0.15, 0.2) is 0 Å². The number of nitrogens with zero attached hydrogens (tertiary/aromatic N) is 2. The third-order valence-corrected chi connectivity index (χ3v) is 5.82. The number of anilines is 1. The summed E-state index contributed by atoms with van der Waals surface area (Å²) in [6, 6.07) is 15.7. The highest BCUT2D eigenvalue weighted by Crippen LogP contribution is 2.24. The van der Waals surface area contributed by atoms with Crippen LogP contribution in [0.5, 0.6) is 5.75 Å². The lowest BCUT2D eigenvalue weighted by Crippen LogP contribution is -2.13. The van der Waals surface area contributed by atoms with Gasteiger partial charge >= 0.3 is 0 Å². The number of hydrogen-bond acceptors (Lipinski definition) is 4. The number of imidazole rings is 1. The molecule has 2 aromatic heterocycles. The fourth-order valence-electron chi connectivity index (χ4n) is 3.03. The van der Waals surface area contributed by atoms with Gasteiger partial charge < -0.3 is 9.30 Å². The van der Waals surface area contributed by atoms with Crippen LogP contribution in [0.15, 0.2) is 53.9 Å². The number of aryl methyl sites for hydroxylation is 2. The predicted molar refractivity (Wildman–Crippen MR) is 113 cm³/mol. The summed E-state index contributed by atoms with van der Waals surface area (Å²) in [4.78, 5) is 17.8. The zero-order chi connectivity index (χ0) is 19.7. The van der Waals surface area contributed by atoms with Gasteiger partial charge in [-0.2, -0.15) is 0 Å². The minimum Gasteiger partial charge on any atom is -0.489 e. The number of benzene rings is 2. The fraction of sp³-hybridized carbons (Fsp3) is 0.182. The van der Waals surface area contributed by atoms with E-state index in [1.54, 1.807) is 0 Å². The Bertz CT molecular complexity index is 1160. The molecule has 0 saturated carbocycles. The van der Waals surface area contributed by atoms with Crippen molar-refractivity contribution >= 4 is 34.2 Å². The van der Waals surface area contributed by atoms with E-state index in [-0.39, 0.29) is 5.91 Å². The number of aromatic nitrogens is 2. The standard InChI is InChI=1S/C22H21N3O2S/c1-14-7-6-10-19(15(14)2)27-12-16-11-20(28-13-16)21(26)24-22-23-17-8-4-5-9-18(17)25(22)3/h4-11,13H,12H2,1-3H3,(H,23,24,26). The first kappa shape index (κ1) is 18.3. The van der Waals surface area contributed by atoms with Gasteiger partial charge in [0, 0.05) is 12.6 Å². The van der Waals surface area contributed by atoms with E-state index < -0.39 is 0 Å². The van der Waals surface area contributed by atoms with Gasteiger partial charge in [-0.3, -0.25) is 10.1 Å². The quantitative estimate of drug-likeness (QED) is 0.516. The molecule has 1 amide bonds. The SMILES string of the molecule is Cc1cccc(OCc2csc(C(=O)Nc3nc4ccccc4n3C)c2)c1C. The summed E-state index contributed by atoms with van der Waals surface area (Å²) in [5.74, 6) is 1.24. The molecule has 1 N–H and O–H groups in total. The van der Waals surface area contributed by atoms with Crippen LogP contribution in [0.1, 0.15) is 26.4 Å². The third kappa shape index (κ3) is 3.51. The normalized spacial score (nSPS) is 11.0. The Morgan fingerprint density at radius 2 is 2.00 bits per heavy atom. The second-order valence-corrected chi connectivity index (χ2v) is 7.65. The van der Waals surface area contributed by atoms with Gasteiger partial charge in [0.25, 0.3) is 5.91 Å². The van der Waals surface area contributed by atoms with Crippen molar-refractivity contribution in [3.05, 3.63) is 75.5 Å². The average Bonchev–Trinajstić information content (AvgIpc) is 3.29. The van der Waals surface area contributed by atoms with Gasteiger partial charge in [0.2, 0.25) is 5.95 Å². The summed E-state index contributed by atoms with van der Waals surface area (Å²) in [6.07, 6.45) is 0. The monoisotopic (exact) mass is 391 g/mol. The zero-order valence-electron chi connectivity index (χ0n) is 16.0. The lowest BCUT2D eigenvalue weighted by Gasteiger charge is -2.09. The highest BCUT2D eigenvalue weighted by atomic mass is 32.1. The van der Waals surface area contributed by atoms with Crippen molar-refractivity contribution in [3.63, 3.8) is 0 Å². The molecule has 2 aromatic carbocycles. The van der Waals surface area contributed by atoms with Crippen LogP contribution in [0.3, 0.4) is 0 Å². The molecule has 6 heteroatoms. The molecule has 4 aromatic rings. The number of fused-ring (bicyclic) bond motifs is 1. The lowest BCUT2D eigenvalue weighted by atomic mass is 10.1.